The van der Waals surface area contributed by atoms with Gasteiger partial charge in [-0.25, -0.2) is 4.79 Å². The number of hydrogen-bond donors (Lipinski definition) is 2. The number of methoxy groups -OCH3 is 1. The number of nitrogens with zero attached hydrogens (tertiary/aromatic N) is 1. The quantitative estimate of drug-likeness (QED) is 0.723. The summed E-state index contributed by atoms with van der Waals surface area (Å²) in [5.74, 6) is 0.382. The molecule has 0 fully saturated rings. The van der Waals surface area contributed by atoms with Gasteiger partial charge in [0.15, 0.2) is 0 Å². The number of urea groups is 1. The molecular weight excluding hydrogens is 398 g/mol. The maximum Gasteiger partial charge on any atom is 0.321 e. The summed E-state index contributed by atoms with van der Waals surface area (Å²) in [6.07, 6.45) is 0. The van der Waals surface area contributed by atoms with Gasteiger partial charge in [0.25, 0.3) is 0 Å². The molecule has 0 aliphatic heterocycles. The van der Waals surface area contributed by atoms with E-state index >= 15 is 0 Å². The molecule has 0 spiro atoms. The highest BCUT2D eigenvalue weighted by atomic mass is 79.9. The zero-order valence-electron chi connectivity index (χ0n) is 14.8. The van der Waals surface area contributed by atoms with Gasteiger partial charge in [-0.15, -0.1) is 0 Å². The Morgan fingerprint density at radius 1 is 1.15 bits per heavy atom. The molecule has 0 unspecified atom stereocenters. The van der Waals surface area contributed by atoms with Gasteiger partial charge < -0.3 is 10.1 Å². The first-order chi connectivity index (χ1) is 12.5. The van der Waals surface area contributed by atoms with E-state index in [-0.39, 0.29) is 12.5 Å². The van der Waals surface area contributed by atoms with Crippen LogP contribution in [0.1, 0.15) is 11.1 Å². The fraction of sp³-hybridized carbons (Fsp3) is 0.263. The number of rotatable bonds is 7. The van der Waals surface area contributed by atoms with E-state index in [0.717, 1.165) is 21.3 Å². The van der Waals surface area contributed by atoms with Crippen molar-refractivity contribution in [1.82, 2.24) is 15.5 Å². The first-order valence-corrected chi connectivity index (χ1v) is 8.90. The first kappa shape index (κ1) is 19.9. The Morgan fingerprint density at radius 3 is 2.58 bits per heavy atom. The van der Waals surface area contributed by atoms with Crippen molar-refractivity contribution in [2.24, 2.45) is 0 Å². The molecule has 7 heteroatoms. The van der Waals surface area contributed by atoms with Crippen molar-refractivity contribution >= 4 is 27.9 Å². The molecular formula is C19H22BrN3O3. The van der Waals surface area contributed by atoms with Gasteiger partial charge >= 0.3 is 6.03 Å². The Balaban J connectivity index is 1.79. The lowest BCUT2D eigenvalue weighted by Gasteiger charge is -2.18. The highest BCUT2D eigenvalue weighted by Gasteiger charge is 2.13. The van der Waals surface area contributed by atoms with Crippen LogP contribution in [0.3, 0.4) is 0 Å². The van der Waals surface area contributed by atoms with Crippen LogP contribution in [-0.2, 0) is 17.9 Å². The van der Waals surface area contributed by atoms with Crippen LogP contribution in [-0.4, -0.2) is 37.5 Å². The van der Waals surface area contributed by atoms with Crippen molar-refractivity contribution in [1.29, 1.82) is 0 Å². The zero-order chi connectivity index (χ0) is 18.9. The lowest BCUT2D eigenvalue weighted by Crippen LogP contribution is -2.43. The number of hydrogen-bond acceptors (Lipinski definition) is 4. The predicted molar refractivity (Wildman–Crippen MR) is 104 cm³/mol. The van der Waals surface area contributed by atoms with Gasteiger partial charge in [-0.1, -0.05) is 46.3 Å². The van der Waals surface area contributed by atoms with E-state index < -0.39 is 6.03 Å². The molecule has 26 heavy (non-hydrogen) atoms. The minimum absolute atomic E-state index is 0.0917. The van der Waals surface area contributed by atoms with Crippen molar-refractivity contribution in [3.63, 3.8) is 0 Å². The molecule has 0 aromatic heterocycles. The molecule has 0 heterocycles. The van der Waals surface area contributed by atoms with Crippen molar-refractivity contribution in [2.75, 3.05) is 20.7 Å². The van der Waals surface area contributed by atoms with Crippen LogP contribution < -0.4 is 15.4 Å². The maximum absolute atomic E-state index is 12.0. The molecule has 2 aromatic rings. The third-order valence-electron chi connectivity index (χ3n) is 3.65. The molecule has 3 amide bonds. The van der Waals surface area contributed by atoms with E-state index in [2.05, 4.69) is 26.6 Å². The number of likely N-dealkylation sites (N-methyl/N-ethyl adjacent to an activating group) is 1. The Hall–Kier alpha value is -2.38. The molecule has 0 saturated carbocycles. The molecule has 138 valence electrons. The molecule has 0 atom stereocenters. The lowest BCUT2D eigenvalue weighted by atomic mass is 10.2. The van der Waals surface area contributed by atoms with Crippen molar-refractivity contribution in [3.8, 4) is 5.75 Å². The van der Waals surface area contributed by atoms with Crippen LogP contribution in [0.15, 0.2) is 53.0 Å². The Labute approximate surface area is 161 Å². The van der Waals surface area contributed by atoms with E-state index in [1.807, 2.05) is 60.5 Å². The second-order valence-corrected chi connectivity index (χ2v) is 6.76. The number of amides is 3. The summed E-state index contributed by atoms with van der Waals surface area (Å²) >= 11 is 3.43. The standard InChI is InChI=1S/C19H22BrN3O3/c1-23(12-15-10-16(20)8-9-17(15)26-2)13-18(24)22-19(25)21-11-14-6-4-3-5-7-14/h3-10H,11-13H2,1-2H3,(H2,21,22,24,25). The van der Waals surface area contributed by atoms with Gasteiger partial charge in [-0.3, -0.25) is 15.0 Å². The van der Waals surface area contributed by atoms with Crippen molar-refractivity contribution in [3.05, 3.63) is 64.1 Å². The Kier molecular flexibility index (Phi) is 7.62. The molecule has 0 aliphatic rings. The number of halogens is 1. The fourth-order valence-electron chi connectivity index (χ4n) is 2.45. The Bertz CT molecular complexity index is 753. The predicted octanol–water partition coefficient (Wildman–Crippen LogP) is 2.92. The highest BCUT2D eigenvalue weighted by molar-refractivity contribution is 9.10. The smallest absolute Gasteiger partial charge is 0.321 e. The van der Waals surface area contributed by atoms with Crippen LogP contribution in [0.5, 0.6) is 5.75 Å². The molecule has 0 saturated heterocycles. The van der Waals surface area contributed by atoms with E-state index in [1.165, 1.54) is 0 Å². The topological polar surface area (TPSA) is 70.7 Å². The van der Waals surface area contributed by atoms with Crippen LogP contribution >= 0.6 is 15.9 Å². The molecule has 0 bridgehead atoms. The summed E-state index contributed by atoms with van der Waals surface area (Å²) in [5, 5.41) is 5.00. The fourth-order valence-corrected chi connectivity index (χ4v) is 2.86. The second-order valence-electron chi connectivity index (χ2n) is 5.84. The number of carbonyl (C=O) groups is 2. The summed E-state index contributed by atoms with van der Waals surface area (Å²) < 4.78 is 6.27. The van der Waals surface area contributed by atoms with E-state index in [9.17, 15) is 9.59 Å². The number of imide groups is 1. The van der Waals surface area contributed by atoms with Crippen molar-refractivity contribution in [2.45, 2.75) is 13.1 Å². The van der Waals surface area contributed by atoms with Gasteiger partial charge in [-0.2, -0.15) is 0 Å². The van der Waals surface area contributed by atoms with Gasteiger partial charge in [0.05, 0.1) is 13.7 Å². The number of ether oxygens (including phenoxy) is 1. The average molecular weight is 420 g/mol. The van der Waals surface area contributed by atoms with E-state index in [4.69, 9.17) is 4.74 Å². The van der Waals surface area contributed by atoms with Crippen molar-refractivity contribution < 1.29 is 14.3 Å². The van der Waals surface area contributed by atoms with Gasteiger partial charge in [0, 0.05) is 23.1 Å². The number of carbonyl (C=O) groups excluding carboxylic acids is 2. The van der Waals surface area contributed by atoms with Gasteiger partial charge in [-0.05, 0) is 30.8 Å². The highest BCUT2D eigenvalue weighted by Crippen LogP contribution is 2.23. The largest absolute Gasteiger partial charge is 0.496 e. The van der Waals surface area contributed by atoms with Crippen LogP contribution in [0.4, 0.5) is 4.79 Å². The molecule has 2 rings (SSSR count). The van der Waals surface area contributed by atoms with Crippen LogP contribution in [0.2, 0.25) is 0 Å². The van der Waals surface area contributed by atoms with Gasteiger partial charge in [0.2, 0.25) is 5.91 Å². The lowest BCUT2D eigenvalue weighted by molar-refractivity contribution is -0.121. The molecule has 0 radical (unpaired) electrons. The minimum atomic E-state index is -0.507. The SMILES string of the molecule is COc1ccc(Br)cc1CN(C)CC(=O)NC(=O)NCc1ccccc1. The summed E-state index contributed by atoms with van der Waals surface area (Å²) in [6, 6.07) is 14.7. The minimum Gasteiger partial charge on any atom is -0.496 e. The maximum atomic E-state index is 12.0. The second kappa shape index (κ2) is 9.94. The van der Waals surface area contributed by atoms with E-state index in [0.29, 0.717) is 13.1 Å². The molecule has 2 aromatic carbocycles. The Morgan fingerprint density at radius 2 is 1.88 bits per heavy atom. The molecule has 0 aliphatic carbocycles. The summed E-state index contributed by atoms with van der Waals surface area (Å²) in [6.45, 7) is 0.973. The first-order valence-electron chi connectivity index (χ1n) is 8.10. The summed E-state index contributed by atoms with van der Waals surface area (Å²) in [5.41, 5.74) is 1.92. The monoisotopic (exact) mass is 419 g/mol. The third-order valence-corrected chi connectivity index (χ3v) is 4.14. The van der Waals surface area contributed by atoms with Crippen LogP contribution in [0, 0.1) is 0 Å². The van der Waals surface area contributed by atoms with Crippen LogP contribution in [0.25, 0.3) is 0 Å². The molecule has 6 nitrogen and oxygen atoms in total. The number of nitrogens with one attached hydrogen (secondary N) is 2. The van der Waals surface area contributed by atoms with E-state index in [1.54, 1.807) is 7.11 Å². The van der Waals surface area contributed by atoms with Gasteiger partial charge in [0.1, 0.15) is 5.75 Å². The summed E-state index contributed by atoms with van der Waals surface area (Å²) in [4.78, 5) is 25.7. The third kappa shape index (κ3) is 6.50. The summed E-state index contributed by atoms with van der Waals surface area (Å²) in [7, 11) is 3.41. The zero-order valence-corrected chi connectivity index (χ0v) is 16.4. The average Bonchev–Trinajstić information content (AvgIpc) is 2.61. The normalized spacial score (nSPS) is 10.5. The number of benzene rings is 2. The molecule has 2 N–H and O–H groups in total.